The van der Waals surface area contributed by atoms with Crippen LogP contribution in [0.25, 0.3) is 5.69 Å². The Morgan fingerprint density at radius 2 is 2.04 bits per heavy atom. The minimum absolute atomic E-state index is 0.215. The SMILES string of the molecule is C[C@H](Sc1nncn1-c1ccccc1)C(=O)NC(=O)NC1CC1. The van der Waals surface area contributed by atoms with Gasteiger partial charge in [0, 0.05) is 11.7 Å². The summed E-state index contributed by atoms with van der Waals surface area (Å²) in [4.78, 5) is 23.7. The van der Waals surface area contributed by atoms with Crippen LogP contribution in [0.5, 0.6) is 0 Å². The fourth-order valence-corrected chi connectivity index (χ4v) is 2.79. The molecule has 1 heterocycles. The highest BCUT2D eigenvalue weighted by molar-refractivity contribution is 8.00. The topological polar surface area (TPSA) is 88.9 Å². The van der Waals surface area contributed by atoms with Crippen molar-refractivity contribution in [1.82, 2.24) is 25.4 Å². The first-order valence-electron chi connectivity index (χ1n) is 7.37. The molecule has 2 N–H and O–H groups in total. The van der Waals surface area contributed by atoms with Crippen LogP contribution in [0.1, 0.15) is 19.8 Å². The maximum Gasteiger partial charge on any atom is 0.321 e. The Kier molecular flexibility index (Phi) is 4.61. The number of aromatic nitrogens is 3. The van der Waals surface area contributed by atoms with E-state index in [1.54, 1.807) is 17.8 Å². The standard InChI is InChI=1S/C15H17N5O2S/c1-10(13(21)18-14(22)17-11-7-8-11)23-15-19-16-9-20(15)12-5-3-2-4-6-12/h2-6,9-11H,7-8H2,1H3,(H2,17,18,21,22)/t10-/m0/s1. The molecule has 3 rings (SSSR count). The van der Waals surface area contributed by atoms with Gasteiger partial charge in [0.1, 0.15) is 6.33 Å². The van der Waals surface area contributed by atoms with Crippen molar-refractivity contribution in [3.63, 3.8) is 0 Å². The summed E-state index contributed by atoms with van der Waals surface area (Å²) in [5, 5.41) is 13.2. The molecule has 3 amide bonds. The van der Waals surface area contributed by atoms with Crippen molar-refractivity contribution in [3.05, 3.63) is 36.7 Å². The number of hydrogen-bond donors (Lipinski definition) is 2. The van der Waals surface area contributed by atoms with E-state index in [9.17, 15) is 9.59 Å². The fraction of sp³-hybridized carbons (Fsp3) is 0.333. The Morgan fingerprint density at radius 1 is 1.30 bits per heavy atom. The molecule has 1 saturated carbocycles. The molecular weight excluding hydrogens is 314 g/mol. The minimum atomic E-state index is -0.466. The van der Waals surface area contributed by atoms with Gasteiger partial charge in [-0.2, -0.15) is 0 Å². The predicted molar refractivity (Wildman–Crippen MR) is 86.4 cm³/mol. The average molecular weight is 331 g/mol. The lowest BCUT2D eigenvalue weighted by Crippen LogP contribution is -2.43. The molecular formula is C15H17N5O2S. The Labute approximate surface area is 137 Å². The highest BCUT2D eigenvalue weighted by Crippen LogP contribution is 2.24. The lowest BCUT2D eigenvalue weighted by atomic mass is 10.3. The van der Waals surface area contributed by atoms with E-state index >= 15 is 0 Å². The number of nitrogens with zero attached hydrogens (tertiary/aromatic N) is 3. The van der Waals surface area contributed by atoms with Crippen molar-refractivity contribution < 1.29 is 9.59 Å². The number of urea groups is 1. The number of hydrogen-bond acceptors (Lipinski definition) is 5. The second-order valence-electron chi connectivity index (χ2n) is 5.32. The van der Waals surface area contributed by atoms with Crippen LogP contribution in [-0.4, -0.2) is 38.0 Å². The average Bonchev–Trinajstić information content (AvgIpc) is 3.23. The van der Waals surface area contributed by atoms with Crippen molar-refractivity contribution in [2.24, 2.45) is 0 Å². The highest BCUT2D eigenvalue weighted by atomic mass is 32.2. The van der Waals surface area contributed by atoms with Gasteiger partial charge in [-0.15, -0.1) is 10.2 Å². The molecule has 120 valence electrons. The second kappa shape index (κ2) is 6.82. The first kappa shape index (κ1) is 15.5. The monoisotopic (exact) mass is 331 g/mol. The third-order valence-electron chi connectivity index (χ3n) is 3.35. The van der Waals surface area contributed by atoms with E-state index in [0.29, 0.717) is 5.16 Å². The largest absolute Gasteiger partial charge is 0.335 e. The maximum absolute atomic E-state index is 12.1. The summed E-state index contributed by atoms with van der Waals surface area (Å²) in [6.45, 7) is 1.73. The molecule has 0 saturated heterocycles. The molecule has 1 aromatic carbocycles. The highest BCUT2D eigenvalue weighted by Gasteiger charge is 2.25. The zero-order valence-electron chi connectivity index (χ0n) is 12.6. The van der Waals surface area contributed by atoms with Gasteiger partial charge in [0.05, 0.1) is 5.25 Å². The van der Waals surface area contributed by atoms with Crippen molar-refractivity contribution in [2.75, 3.05) is 0 Å². The van der Waals surface area contributed by atoms with Crippen molar-refractivity contribution in [2.45, 2.75) is 36.2 Å². The smallest absolute Gasteiger partial charge is 0.321 e. The molecule has 0 radical (unpaired) electrons. The molecule has 1 aliphatic carbocycles. The van der Waals surface area contributed by atoms with Crippen LogP contribution < -0.4 is 10.6 Å². The number of rotatable bonds is 5. The number of carbonyl (C=O) groups excluding carboxylic acids is 2. The van der Waals surface area contributed by atoms with Crippen LogP contribution in [0.2, 0.25) is 0 Å². The van der Waals surface area contributed by atoms with Gasteiger partial charge in [0.25, 0.3) is 0 Å². The summed E-state index contributed by atoms with van der Waals surface area (Å²) in [6, 6.07) is 9.41. The first-order valence-corrected chi connectivity index (χ1v) is 8.25. The quantitative estimate of drug-likeness (QED) is 0.815. The lowest BCUT2D eigenvalue weighted by molar-refractivity contribution is -0.119. The van der Waals surface area contributed by atoms with Gasteiger partial charge in [-0.05, 0) is 31.9 Å². The van der Waals surface area contributed by atoms with Crippen LogP contribution in [0.15, 0.2) is 41.8 Å². The number of thioether (sulfide) groups is 1. The molecule has 23 heavy (non-hydrogen) atoms. The van der Waals surface area contributed by atoms with Gasteiger partial charge in [-0.25, -0.2) is 4.79 Å². The molecule has 2 aromatic rings. The van der Waals surface area contributed by atoms with Crippen molar-refractivity contribution in [1.29, 1.82) is 0 Å². The van der Waals surface area contributed by atoms with Crippen LogP contribution in [0, 0.1) is 0 Å². The molecule has 7 nitrogen and oxygen atoms in total. The van der Waals surface area contributed by atoms with Gasteiger partial charge in [0.2, 0.25) is 5.91 Å². The molecule has 1 aromatic heterocycles. The van der Waals surface area contributed by atoms with E-state index in [0.717, 1.165) is 18.5 Å². The summed E-state index contributed by atoms with van der Waals surface area (Å²) in [5.41, 5.74) is 0.916. The normalized spacial score (nSPS) is 15.0. The number of carbonyl (C=O) groups is 2. The van der Waals surface area contributed by atoms with Crippen molar-refractivity contribution >= 4 is 23.7 Å². The summed E-state index contributed by atoms with van der Waals surface area (Å²) >= 11 is 1.25. The molecule has 1 aliphatic rings. The number of imide groups is 1. The minimum Gasteiger partial charge on any atom is -0.335 e. The molecule has 1 atom stereocenters. The van der Waals surface area contributed by atoms with Crippen LogP contribution in [-0.2, 0) is 4.79 Å². The predicted octanol–water partition coefficient (Wildman–Crippen LogP) is 1.74. The van der Waals surface area contributed by atoms with E-state index in [-0.39, 0.29) is 11.9 Å². The van der Waals surface area contributed by atoms with Crippen molar-refractivity contribution in [3.8, 4) is 5.69 Å². The van der Waals surface area contributed by atoms with Gasteiger partial charge < -0.3 is 5.32 Å². The zero-order valence-corrected chi connectivity index (χ0v) is 13.4. The van der Waals surface area contributed by atoms with E-state index in [1.165, 1.54) is 11.8 Å². The second-order valence-corrected chi connectivity index (χ2v) is 6.62. The van der Waals surface area contributed by atoms with Gasteiger partial charge >= 0.3 is 6.03 Å². The summed E-state index contributed by atoms with van der Waals surface area (Å²) in [6.07, 6.45) is 3.56. The molecule has 8 heteroatoms. The molecule has 0 unspecified atom stereocenters. The van der Waals surface area contributed by atoms with Crippen LogP contribution in [0.3, 0.4) is 0 Å². The van der Waals surface area contributed by atoms with E-state index in [1.807, 2.05) is 30.3 Å². The molecule has 0 spiro atoms. The van der Waals surface area contributed by atoms with Gasteiger partial charge in [-0.3, -0.25) is 14.7 Å². The fourth-order valence-electron chi connectivity index (χ4n) is 1.94. The number of amides is 3. The third kappa shape index (κ3) is 4.10. The Morgan fingerprint density at radius 3 is 2.74 bits per heavy atom. The summed E-state index contributed by atoms with van der Waals surface area (Å²) in [7, 11) is 0. The van der Waals surface area contributed by atoms with E-state index in [4.69, 9.17) is 0 Å². The Hall–Kier alpha value is -2.35. The number of nitrogens with one attached hydrogen (secondary N) is 2. The first-order chi connectivity index (χ1) is 11.1. The van der Waals surface area contributed by atoms with E-state index in [2.05, 4.69) is 20.8 Å². The Bertz CT molecular complexity index is 699. The molecule has 0 bridgehead atoms. The Balaban J connectivity index is 1.61. The van der Waals surface area contributed by atoms with Crippen LogP contribution in [0.4, 0.5) is 4.79 Å². The molecule has 1 fully saturated rings. The summed E-state index contributed by atoms with van der Waals surface area (Å²) < 4.78 is 1.80. The number of para-hydroxylation sites is 1. The zero-order chi connectivity index (χ0) is 16.2. The lowest BCUT2D eigenvalue weighted by Gasteiger charge is -2.12. The van der Waals surface area contributed by atoms with Gasteiger partial charge in [-0.1, -0.05) is 30.0 Å². The molecule has 0 aliphatic heterocycles. The van der Waals surface area contributed by atoms with Gasteiger partial charge in [0.15, 0.2) is 5.16 Å². The maximum atomic E-state index is 12.1. The third-order valence-corrected chi connectivity index (χ3v) is 4.41. The summed E-state index contributed by atoms with van der Waals surface area (Å²) in [5.74, 6) is -0.351. The van der Waals surface area contributed by atoms with E-state index < -0.39 is 11.3 Å². The number of benzene rings is 1. The van der Waals surface area contributed by atoms with Crippen LogP contribution >= 0.6 is 11.8 Å².